The van der Waals surface area contributed by atoms with Crippen molar-refractivity contribution in [3.05, 3.63) is 63.7 Å². The number of benzene rings is 2. The van der Waals surface area contributed by atoms with Gasteiger partial charge in [-0.2, -0.15) is 5.10 Å². The Morgan fingerprint density at radius 2 is 2.08 bits per heavy atom. The molecule has 1 amide bonds. The molecule has 0 saturated heterocycles. The topological polar surface area (TPSA) is 103 Å². The molecule has 1 unspecified atom stereocenters. The summed E-state index contributed by atoms with van der Waals surface area (Å²) in [7, 11) is 1.35. The van der Waals surface area contributed by atoms with Crippen molar-refractivity contribution in [1.29, 1.82) is 0 Å². The lowest BCUT2D eigenvalue weighted by Crippen LogP contribution is -2.33. The van der Waals surface area contributed by atoms with Gasteiger partial charge in [-0.05, 0) is 43.7 Å². The van der Waals surface area contributed by atoms with Crippen molar-refractivity contribution in [2.24, 2.45) is 5.10 Å². The van der Waals surface area contributed by atoms with Gasteiger partial charge < -0.3 is 9.47 Å². The average Bonchev–Trinajstić information content (AvgIpc) is 2.61. The van der Waals surface area contributed by atoms with E-state index in [1.165, 1.54) is 25.5 Å². The van der Waals surface area contributed by atoms with Crippen LogP contribution >= 0.6 is 0 Å². The van der Waals surface area contributed by atoms with Crippen LogP contribution in [-0.2, 0) is 4.79 Å². The number of hydrogen-bond acceptors (Lipinski definition) is 6. The maximum Gasteiger partial charge on any atom is 0.311 e. The minimum atomic E-state index is -0.751. The number of nitrogens with one attached hydrogen (secondary N) is 1. The Kier molecular flexibility index (Phi) is 6.26. The molecule has 0 radical (unpaired) electrons. The van der Waals surface area contributed by atoms with Crippen LogP contribution in [0.15, 0.2) is 47.6 Å². The number of methoxy groups -OCH3 is 1. The van der Waals surface area contributed by atoms with Gasteiger partial charge in [-0.15, -0.1) is 0 Å². The maximum atomic E-state index is 12.0. The number of amides is 1. The van der Waals surface area contributed by atoms with E-state index in [4.69, 9.17) is 9.47 Å². The quantitative estimate of drug-likeness (QED) is 0.466. The van der Waals surface area contributed by atoms with Crippen LogP contribution in [0.1, 0.15) is 18.1 Å². The van der Waals surface area contributed by atoms with Gasteiger partial charge in [0.1, 0.15) is 5.75 Å². The number of aryl methyl sites for hydroxylation is 1. The third-order valence-electron chi connectivity index (χ3n) is 3.46. The Morgan fingerprint density at radius 1 is 1.31 bits per heavy atom. The first-order valence-electron chi connectivity index (χ1n) is 7.79. The Morgan fingerprint density at radius 3 is 2.73 bits per heavy atom. The summed E-state index contributed by atoms with van der Waals surface area (Å²) in [5.74, 6) is 0.296. The molecule has 26 heavy (non-hydrogen) atoms. The number of carbonyl (C=O) groups is 1. The molecule has 0 bridgehead atoms. The van der Waals surface area contributed by atoms with Crippen LogP contribution in [0.25, 0.3) is 0 Å². The van der Waals surface area contributed by atoms with Crippen LogP contribution in [0, 0.1) is 17.0 Å². The molecule has 0 fully saturated rings. The first kappa shape index (κ1) is 18.9. The predicted molar refractivity (Wildman–Crippen MR) is 96.7 cm³/mol. The van der Waals surface area contributed by atoms with Crippen LogP contribution in [-0.4, -0.2) is 30.3 Å². The summed E-state index contributed by atoms with van der Waals surface area (Å²) in [6.45, 7) is 3.53. The maximum absolute atomic E-state index is 12.0. The fourth-order valence-electron chi connectivity index (χ4n) is 2.14. The molecule has 8 nitrogen and oxygen atoms in total. The summed E-state index contributed by atoms with van der Waals surface area (Å²) in [6, 6.07) is 11.7. The second-order valence-corrected chi connectivity index (χ2v) is 5.50. The first-order valence-corrected chi connectivity index (χ1v) is 7.79. The van der Waals surface area contributed by atoms with Crippen molar-refractivity contribution in [2.75, 3.05) is 7.11 Å². The number of nitro benzene ring substituents is 1. The standard InChI is InChI=1S/C18H19N3O5/c1-12-5-4-6-15(9-12)26-13(2)18(22)20-19-11-14-7-8-17(25-3)16(10-14)21(23)24/h4-11,13H,1-3H3,(H,20,22). The highest BCUT2D eigenvalue weighted by atomic mass is 16.6. The number of ether oxygens (including phenoxy) is 2. The third kappa shape index (κ3) is 5.04. The summed E-state index contributed by atoms with van der Waals surface area (Å²) in [4.78, 5) is 22.5. The second kappa shape index (κ2) is 8.61. The van der Waals surface area contributed by atoms with Gasteiger partial charge in [-0.3, -0.25) is 14.9 Å². The molecular formula is C18H19N3O5. The minimum absolute atomic E-state index is 0.149. The summed E-state index contributed by atoms with van der Waals surface area (Å²) in [6.07, 6.45) is 0.558. The van der Waals surface area contributed by atoms with Gasteiger partial charge in [0.25, 0.3) is 5.91 Å². The van der Waals surface area contributed by atoms with Gasteiger partial charge in [0, 0.05) is 11.6 Å². The normalized spacial score (nSPS) is 11.8. The number of nitro groups is 1. The highest BCUT2D eigenvalue weighted by molar-refractivity contribution is 5.85. The van der Waals surface area contributed by atoms with Crippen LogP contribution in [0.4, 0.5) is 5.69 Å². The summed E-state index contributed by atoms with van der Waals surface area (Å²) in [5.41, 5.74) is 3.64. The van der Waals surface area contributed by atoms with Crippen LogP contribution in [0.3, 0.4) is 0 Å². The molecule has 0 aliphatic carbocycles. The number of carbonyl (C=O) groups excluding carboxylic acids is 1. The van der Waals surface area contributed by atoms with Gasteiger partial charge in [-0.1, -0.05) is 12.1 Å². The molecular weight excluding hydrogens is 338 g/mol. The minimum Gasteiger partial charge on any atom is -0.490 e. The molecule has 1 atom stereocenters. The Bertz CT molecular complexity index is 835. The summed E-state index contributed by atoms with van der Waals surface area (Å²) >= 11 is 0. The van der Waals surface area contributed by atoms with Gasteiger partial charge in [-0.25, -0.2) is 5.43 Å². The zero-order chi connectivity index (χ0) is 19.1. The van der Waals surface area contributed by atoms with Gasteiger partial charge in [0.05, 0.1) is 18.2 Å². The third-order valence-corrected chi connectivity index (χ3v) is 3.46. The van der Waals surface area contributed by atoms with E-state index in [1.807, 2.05) is 25.1 Å². The van der Waals surface area contributed by atoms with Crippen LogP contribution in [0.2, 0.25) is 0 Å². The van der Waals surface area contributed by atoms with E-state index in [1.54, 1.807) is 19.1 Å². The number of hydrazone groups is 1. The molecule has 1 N–H and O–H groups in total. The van der Waals surface area contributed by atoms with Crippen molar-refractivity contribution in [3.8, 4) is 11.5 Å². The lowest BCUT2D eigenvalue weighted by Gasteiger charge is -2.13. The van der Waals surface area contributed by atoms with E-state index in [2.05, 4.69) is 10.5 Å². The number of nitrogens with zero attached hydrogens (tertiary/aromatic N) is 2. The predicted octanol–water partition coefficient (Wildman–Crippen LogP) is 2.83. The van der Waals surface area contributed by atoms with E-state index in [-0.39, 0.29) is 11.4 Å². The average molecular weight is 357 g/mol. The zero-order valence-electron chi connectivity index (χ0n) is 14.6. The molecule has 0 aromatic heterocycles. The van der Waals surface area contributed by atoms with Crippen LogP contribution in [0.5, 0.6) is 11.5 Å². The van der Waals surface area contributed by atoms with Crippen molar-refractivity contribution in [1.82, 2.24) is 5.43 Å². The lowest BCUT2D eigenvalue weighted by atomic mass is 10.2. The smallest absolute Gasteiger partial charge is 0.311 e. The fourth-order valence-corrected chi connectivity index (χ4v) is 2.14. The molecule has 0 saturated carbocycles. The van der Waals surface area contributed by atoms with Gasteiger partial charge >= 0.3 is 5.69 Å². The highest BCUT2D eigenvalue weighted by Gasteiger charge is 2.15. The lowest BCUT2D eigenvalue weighted by molar-refractivity contribution is -0.385. The highest BCUT2D eigenvalue weighted by Crippen LogP contribution is 2.26. The molecule has 0 heterocycles. The van der Waals surface area contributed by atoms with E-state index in [0.29, 0.717) is 11.3 Å². The Balaban J connectivity index is 1.98. The fraction of sp³-hybridized carbons (Fsp3) is 0.222. The molecule has 2 aromatic carbocycles. The van der Waals surface area contributed by atoms with Gasteiger partial charge in [0.15, 0.2) is 11.9 Å². The van der Waals surface area contributed by atoms with Gasteiger partial charge in [0.2, 0.25) is 0 Å². The molecule has 136 valence electrons. The van der Waals surface area contributed by atoms with Crippen molar-refractivity contribution < 1.29 is 19.2 Å². The first-order chi connectivity index (χ1) is 12.4. The molecule has 2 rings (SSSR count). The molecule has 2 aromatic rings. The number of hydrogen-bond donors (Lipinski definition) is 1. The molecule has 8 heteroatoms. The van der Waals surface area contributed by atoms with E-state index in [9.17, 15) is 14.9 Å². The van der Waals surface area contributed by atoms with Crippen molar-refractivity contribution >= 4 is 17.8 Å². The van der Waals surface area contributed by atoms with Crippen molar-refractivity contribution in [3.63, 3.8) is 0 Å². The number of rotatable bonds is 7. The molecule has 0 aliphatic heterocycles. The largest absolute Gasteiger partial charge is 0.490 e. The van der Waals surface area contributed by atoms with Crippen molar-refractivity contribution in [2.45, 2.75) is 20.0 Å². The monoisotopic (exact) mass is 357 g/mol. The molecule has 0 aliphatic rings. The van der Waals surface area contributed by atoms with E-state index >= 15 is 0 Å². The molecule has 0 spiro atoms. The van der Waals surface area contributed by atoms with E-state index < -0.39 is 16.9 Å². The van der Waals surface area contributed by atoms with E-state index in [0.717, 1.165) is 5.56 Å². The van der Waals surface area contributed by atoms with Crippen LogP contribution < -0.4 is 14.9 Å². The Hall–Kier alpha value is -3.42. The Labute approximate surface area is 150 Å². The summed E-state index contributed by atoms with van der Waals surface area (Å²) in [5, 5.41) is 14.8. The second-order valence-electron chi connectivity index (χ2n) is 5.50. The zero-order valence-corrected chi connectivity index (χ0v) is 14.6. The SMILES string of the molecule is COc1ccc(C=NNC(=O)C(C)Oc2cccc(C)c2)cc1[N+](=O)[O-]. The summed E-state index contributed by atoms with van der Waals surface area (Å²) < 4.78 is 10.5.